The van der Waals surface area contributed by atoms with Gasteiger partial charge < -0.3 is 24.0 Å². The first-order valence-electron chi connectivity index (χ1n) is 16.4. The first kappa shape index (κ1) is 36.0. The number of hydrogen-bond acceptors (Lipinski definition) is 9. The molecule has 0 aromatic heterocycles. The molecule has 0 unspecified atom stereocenters. The van der Waals surface area contributed by atoms with E-state index in [4.69, 9.17) is 25.8 Å². The fourth-order valence-corrected chi connectivity index (χ4v) is 7.98. The lowest BCUT2D eigenvalue weighted by Crippen LogP contribution is -2.55. The average Bonchev–Trinajstić information content (AvgIpc) is 3.84. The van der Waals surface area contributed by atoms with E-state index in [1.165, 1.54) is 19.1 Å². The van der Waals surface area contributed by atoms with Crippen molar-refractivity contribution < 1.29 is 28.6 Å². The Morgan fingerprint density at radius 1 is 1.22 bits per heavy atom. The molecule has 4 aliphatic rings. The molecule has 4 rings (SSSR count). The summed E-state index contributed by atoms with van der Waals surface area (Å²) in [6, 6.07) is -1.09. The van der Waals surface area contributed by atoms with E-state index in [0.717, 1.165) is 44.9 Å². The maximum Gasteiger partial charge on any atom is 0.328 e. The van der Waals surface area contributed by atoms with Gasteiger partial charge in [-0.1, -0.05) is 50.1 Å². The Labute approximate surface area is 282 Å². The molecule has 0 aromatic rings. The van der Waals surface area contributed by atoms with E-state index in [0.29, 0.717) is 44.8 Å². The first-order valence-corrected chi connectivity index (χ1v) is 17.6. The highest BCUT2D eigenvalue weighted by Crippen LogP contribution is 2.46. The van der Waals surface area contributed by atoms with Crippen LogP contribution in [0.4, 0.5) is 4.79 Å². The van der Waals surface area contributed by atoms with E-state index in [-0.39, 0.29) is 48.0 Å². The van der Waals surface area contributed by atoms with E-state index in [1.54, 1.807) is 15.9 Å². The van der Waals surface area contributed by atoms with Gasteiger partial charge in [-0.2, -0.15) is 0 Å². The fraction of sp³-hybridized carbons (Fsp3) is 0.667. The van der Waals surface area contributed by atoms with Crippen LogP contribution in [-0.2, 0) is 23.8 Å². The summed E-state index contributed by atoms with van der Waals surface area (Å²) in [6.45, 7) is 11.9. The van der Waals surface area contributed by atoms with E-state index in [1.807, 2.05) is 19.1 Å². The second kappa shape index (κ2) is 17.4. The van der Waals surface area contributed by atoms with Crippen LogP contribution in [0.15, 0.2) is 47.1 Å². The van der Waals surface area contributed by atoms with Gasteiger partial charge in [0.15, 0.2) is 5.17 Å². The van der Waals surface area contributed by atoms with Crippen molar-refractivity contribution in [3.8, 4) is 0 Å². The largest absolute Gasteiger partial charge is 0.470 e. The van der Waals surface area contributed by atoms with Crippen molar-refractivity contribution in [3.05, 3.63) is 37.1 Å². The molecule has 254 valence electrons. The van der Waals surface area contributed by atoms with Crippen LogP contribution in [0.3, 0.4) is 0 Å². The molecular formula is C33H48ClN5O6S. The van der Waals surface area contributed by atoms with E-state index >= 15 is 0 Å². The van der Waals surface area contributed by atoms with Gasteiger partial charge in [0.05, 0.1) is 25.5 Å². The lowest BCUT2D eigenvalue weighted by molar-refractivity contribution is -0.152. The normalized spacial score (nSPS) is 28.2. The monoisotopic (exact) mass is 677 g/mol. The number of aliphatic imine (C=N–C) groups is 2. The third-order valence-corrected chi connectivity index (χ3v) is 10.8. The molecule has 11 nitrogen and oxygen atoms in total. The van der Waals surface area contributed by atoms with Gasteiger partial charge in [-0.15, -0.1) is 6.58 Å². The zero-order valence-corrected chi connectivity index (χ0v) is 28.7. The van der Waals surface area contributed by atoms with Crippen molar-refractivity contribution in [2.45, 2.75) is 94.1 Å². The lowest BCUT2D eigenvalue weighted by atomic mass is 9.86. The number of nitrogens with one attached hydrogen (secondary N) is 1. The molecule has 0 spiro atoms. The number of rotatable bonds is 12. The van der Waals surface area contributed by atoms with Crippen LogP contribution in [0.1, 0.15) is 71.1 Å². The molecule has 4 atom stereocenters. The molecule has 0 bridgehead atoms. The highest BCUT2D eigenvalue weighted by molar-refractivity contribution is 8.00. The van der Waals surface area contributed by atoms with Crippen molar-refractivity contribution in [2.75, 3.05) is 39.9 Å². The van der Waals surface area contributed by atoms with Crippen LogP contribution < -0.4 is 4.72 Å². The van der Waals surface area contributed by atoms with E-state index in [2.05, 4.69) is 27.9 Å². The second-order valence-corrected chi connectivity index (χ2v) is 13.6. The lowest BCUT2D eigenvalue weighted by Gasteiger charge is -2.40. The Kier molecular flexibility index (Phi) is 13.6. The molecule has 1 aliphatic carbocycles. The molecule has 0 radical (unpaired) electrons. The standard InChI is InChI=1S/C33H48ClN5O6S/c1-5-7-12-19-44-25-16-18-38(21-25)32(42)37-46-33(6-2,24-14-8-9-15-24)31(41)39-22-26(20-27(39)30(40)43-4)45-29-28(34)36-23(3)13-10-11-17-35-29/h5,10,13,24-27H,1,3,6-9,11-12,14-22H2,2,4H3,(H,37,42)/b13-10-,35-29+,36-28+/t25-,26+,27-,33+/m0/s1. The van der Waals surface area contributed by atoms with E-state index < -0.39 is 22.9 Å². The predicted octanol–water partition coefficient (Wildman–Crippen LogP) is 5.41. The van der Waals surface area contributed by atoms with Gasteiger partial charge in [-0.05, 0) is 68.9 Å². The van der Waals surface area contributed by atoms with Gasteiger partial charge in [-0.25, -0.2) is 19.6 Å². The number of carbonyl (C=O) groups is 3. The summed E-state index contributed by atoms with van der Waals surface area (Å²) < 4.78 is 19.4. The Balaban J connectivity index is 1.49. The van der Waals surface area contributed by atoms with Crippen LogP contribution in [-0.4, -0.2) is 102 Å². The average molecular weight is 678 g/mol. The third-order valence-electron chi connectivity index (χ3n) is 9.12. The molecule has 3 fully saturated rings. The summed E-state index contributed by atoms with van der Waals surface area (Å²) in [7, 11) is 1.31. The Bertz CT molecular complexity index is 1220. The number of allylic oxidation sites excluding steroid dienone is 2. The van der Waals surface area contributed by atoms with Gasteiger partial charge in [0.25, 0.3) is 0 Å². The molecule has 46 heavy (non-hydrogen) atoms. The van der Waals surface area contributed by atoms with Crippen LogP contribution in [0.25, 0.3) is 0 Å². The summed E-state index contributed by atoms with van der Waals surface area (Å²) in [4.78, 5) is 53.2. The zero-order chi connectivity index (χ0) is 33.1. The number of likely N-dealkylation sites (tertiary alicyclic amines) is 2. The van der Waals surface area contributed by atoms with Crippen molar-refractivity contribution in [1.82, 2.24) is 14.5 Å². The van der Waals surface area contributed by atoms with E-state index in [9.17, 15) is 14.4 Å². The Morgan fingerprint density at radius 3 is 2.72 bits per heavy atom. The highest BCUT2D eigenvalue weighted by atomic mass is 35.5. The molecule has 1 saturated carbocycles. The number of amides is 3. The van der Waals surface area contributed by atoms with Crippen LogP contribution in [0, 0.1) is 5.92 Å². The first-order chi connectivity index (χ1) is 22.2. The number of methoxy groups -OCH3 is 1. The minimum Gasteiger partial charge on any atom is -0.470 e. The number of hydrogen-bond donors (Lipinski definition) is 1. The molecule has 1 N–H and O–H groups in total. The molecule has 0 aromatic carbocycles. The number of esters is 1. The van der Waals surface area contributed by atoms with Crippen LogP contribution in [0.5, 0.6) is 0 Å². The predicted molar refractivity (Wildman–Crippen MR) is 182 cm³/mol. The smallest absolute Gasteiger partial charge is 0.328 e. The fourth-order valence-electron chi connectivity index (χ4n) is 6.62. The highest BCUT2D eigenvalue weighted by Gasteiger charge is 2.53. The second-order valence-electron chi connectivity index (χ2n) is 12.1. The van der Waals surface area contributed by atoms with Crippen molar-refractivity contribution in [2.24, 2.45) is 15.9 Å². The number of urea groups is 1. The Morgan fingerprint density at radius 2 is 2.00 bits per heavy atom. The Hall–Kier alpha value is -2.83. The quantitative estimate of drug-likeness (QED) is 0.127. The molecule has 3 heterocycles. The summed E-state index contributed by atoms with van der Waals surface area (Å²) in [5.41, 5.74) is 0.475. The van der Waals surface area contributed by atoms with Gasteiger partial charge in [0.2, 0.25) is 11.8 Å². The zero-order valence-electron chi connectivity index (χ0n) is 27.1. The third kappa shape index (κ3) is 8.95. The molecule has 13 heteroatoms. The number of ether oxygens (including phenoxy) is 3. The number of halogens is 1. The topological polar surface area (TPSA) is 122 Å². The van der Waals surface area contributed by atoms with Crippen LogP contribution in [0.2, 0.25) is 0 Å². The minimum atomic E-state index is -0.966. The summed E-state index contributed by atoms with van der Waals surface area (Å²) in [5, 5.41) is 0.0642. The van der Waals surface area contributed by atoms with Gasteiger partial charge in [-0.3, -0.25) is 9.52 Å². The number of carbonyl (C=O) groups excluding carboxylic acids is 3. The molecule has 3 aliphatic heterocycles. The van der Waals surface area contributed by atoms with Gasteiger partial charge >= 0.3 is 12.0 Å². The molecule has 3 amide bonds. The summed E-state index contributed by atoms with van der Waals surface area (Å²) >= 11 is 7.64. The summed E-state index contributed by atoms with van der Waals surface area (Å²) in [5.74, 6) is -0.531. The summed E-state index contributed by atoms with van der Waals surface area (Å²) in [6.07, 6.45) is 12.7. The molecule has 2 saturated heterocycles. The number of unbranched alkanes of at least 4 members (excludes halogenated alkanes) is 1. The number of nitrogens with zero attached hydrogens (tertiary/aromatic N) is 4. The maximum atomic E-state index is 14.7. The van der Waals surface area contributed by atoms with Crippen molar-refractivity contribution >= 4 is 52.5 Å². The van der Waals surface area contributed by atoms with Crippen molar-refractivity contribution in [1.29, 1.82) is 0 Å². The van der Waals surface area contributed by atoms with Gasteiger partial charge in [0.1, 0.15) is 16.9 Å². The van der Waals surface area contributed by atoms with Gasteiger partial charge in [0, 0.05) is 32.7 Å². The van der Waals surface area contributed by atoms with Crippen molar-refractivity contribution in [3.63, 3.8) is 0 Å². The van der Waals surface area contributed by atoms with Crippen LogP contribution >= 0.6 is 23.5 Å². The maximum absolute atomic E-state index is 14.7. The minimum absolute atomic E-state index is 0.00462. The SMILES string of the molecule is C=CCCCO[C@H]1CCN(C(=O)NS[C@@](CC)(C(=O)N2C[C@H](OC3=N/CC/C=C\C(=C)/N=C\3Cl)C[C@H]2C(=O)OC)C2CCCC2)C1. The molecular weight excluding hydrogens is 630 g/mol.